The Kier molecular flexibility index (Phi) is 7.02. The van der Waals surface area contributed by atoms with Crippen LogP contribution in [0.1, 0.15) is 47.4 Å². The molecule has 0 saturated heterocycles. The quantitative estimate of drug-likeness (QED) is 0.226. The summed E-state index contributed by atoms with van der Waals surface area (Å²) < 4.78 is 52.2. The van der Waals surface area contributed by atoms with E-state index < -0.39 is 29.4 Å². The molecule has 8 nitrogen and oxygen atoms in total. The first-order valence-electron chi connectivity index (χ1n) is 12.2. The Morgan fingerprint density at radius 3 is 2.52 bits per heavy atom. The molecule has 12 heteroatoms. The molecular weight excluding hydrogens is 543 g/mol. The number of rotatable bonds is 7. The van der Waals surface area contributed by atoms with Gasteiger partial charge in [0.2, 0.25) is 5.89 Å². The summed E-state index contributed by atoms with van der Waals surface area (Å²) in [6.45, 7) is 3.49. The van der Waals surface area contributed by atoms with Crippen molar-refractivity contribution in [3.05, 3.63) is 76.6 Å². The maximum atomic E-state index is 13.6. The number of benzene rings is 2. The van der Waals surface area contributed by atoms with E-state index in [2.05, 4.69) is 15.3 Å². The van der Waals surface area contributed by atoms with Crippen LogP contribution in [0.3, 0.4) is 0 Å². The van der Waals surface area contributed by atoms with E-state index in [9.17, 15) is 18.0 Å². The lowest BCUT2D eigenvalue weighted by atomic mass is 9.89. The SMILES string of the molecule is COc1ccc(-c2nc(C(=O)NC(c3csc4ccccc34)C(C)(C)N)c(CN)o2)c2ccc(C(F)(F)F)nc12. The van der Waals surface area contributed by atoms with Gasteiger partial charge >= 0.3 is 6.18 Å². The van der Waals surface area contributed by atoms with Crippen LogP contribution in [0.5, 0.6) is 5.75 Å². The third-order valence-electron chi connectivity index (χ3n) is 6.50. The van der Waals surface area contributed by atoms with E-state index in [-0.39, 0.29) is 35.2 Å². The number of pyridine rings is 1. The van der Waals surface area contributed by atoms with Crippen LogP contribution < -0.4 is 21.5 Å². The standard InChI is InChI=1S/C28H26F3N5O3S/c1-27(2,33)24(17-13-40-20-7-5-4-6-14(17)20)36-25(37)23-19(12-32)39-26(35-23)16-8-10-18(38-3)22-15(16)9-11-21(34-22)28(29,30)31/h4-11,13,24H,12,32-33H2,1-3H3,(H,36,37). The summed E-state index contributed by atoms with van der Waals surface area (Å²) in [6.07, 6.45) is -4.64. The molecule has 1 amide bonds. The van der Waals surface area contributed by atoms with E-state index in [4.69, 9.17) is 20.6 Å². The lowest BCUT2D eigenvalue weighted by Gasteiger charge is -2.31. The highest BCUT2D eigenvalue weighted by molar-refractivity contribution is 7.17. The van der Waals surface area contributed by atoms with Crippen LogP contribution >= 0.6 is 11.3 Å². The normalized spacial score (nSPS) is 13.1. The molecule has 0 radical (unpaired) electrons. The molecule has 1 unspecified atom stereocenters. The maximum Gasteiger partial charge on any atom is 0.433 e. The topological polar surface area (TPSA) is 129 Å². The molecule has 5 rings (SSSR count). The molecule has 3 heterocycles. The van der Waals surface area contributed by atoms with Crippen LogP contribution in [0.2, 0.25) is 0 Å². The summed E-state index contributed by atoms with van der Waals surface area (Å²) in [5, 5.41) is 6.24. The predicted octanol–water partition coefficient (Wildman–Crippen LogP) is 5.80. The Bertz CT molecular complexity index is 1720. The van der Waals surface area contributed by atoms with Gasteiger partial charge < -0.3 is 25.9 Å². The maximum absolute atomic E-state index is 13.6. The van der Waals surface area contributed by atoms with Crippen LogP contribution in [0.25, 0.3) is 32.4 Å². The molecule has 0 saturated carbocycles. The number of fused-ring (bicyclic) bond motifs is 2. The van der Waals surface area contributed by atoms with Crippen molar-refractivity contribution in [2.24, 2.45) is 11.5 Å². The first-order chi connectivity index (χ1) is 18.9. The number of halogens is 3. The number of oxazole rings is 1. The van der Waals surface area contributed by atoms with Gasteiger partial charge in [0.15, 0.2) is 11.5 Å². The van der Waals surface area contributed by atoms with Crippen molar-refractivity contribution in [1.29, 1.82) is 0 Å². The number of alkyl halides is 3. The number of nitrogens with two attached hydrogens (primary N) is 2. The minimum Gasteiger partial charge on any atom is -0.494 e. The third-order valence-corrected chi connectivity index (χ3v) is 7.48. The number of methoxy groups -OCH3 is 1. The van der Waals surface area contributed by atoms with Gasteiger partial charge in [0.25, 0.3) is 5.91 Å². The lowest BCUT2D eigenvalue weighted by molar-refractivity contribution is -0.140. The van der Waals surface area contributed by atoms with Crippen molar-refractivity contribution in [1.82, 2.24) is 15.3 Å². The van der Waals surface area contributed by atoms with Gasteiger partial charge in [-0.25, -0.2) is 9.97 Å². The fourth-order valence-electron chi connectivity index (χ4n) is 4.57. The largest absolute Gasteiger partial charge is 0.494 e. The average molecular weight is 570 g/mol. The second-order valence-corrected chi connectivity index (χ2v) is 10.7. The first kappa shape index (κ1) is 27.6. The number of nitrogens with one attached hydrogen (secondary N) is 1. The minimum atomic E-state index is -4.64. The molecule has 40 heavy (non-hydrogen) atoms. The molecule has 5 N–H and O–H groups in total. The summed E-state index contributed by atoms with van der Waals surface area (Å²) in [4.78, 5) is 21.8. The summed E-state index contributed by atoms with van der Waals surface area (Å²) in [6, 6.07) is 12.4. The average Bonchev–Trinajstić information content (AvgIpc) is 3.54. The smallest absolute Gasteiger partial charge is 0.433 e. The van der Waals surface area contributed by atoms with Gasteiger partial charge in [0.05, 0.1) is 19.7 Å². The van der Waals surface area contributed by atoms with Crippen molar-refractivity contribution in [2.45, 2.75) is 38.1 Å². The van der Waals surface area contributed by atoms with E-state index in [1.54, 1.807) is 17.4 Å². The van der Waals surface area contributed by atoms with Crippen molar-refractivity contribution in [2.75, 3.05) is 7.11 Å². The number of thiophene rings is 1. The molecule has 0 aliphatic carbocycles. The Balaban J connectivity index is 1.56. The highest BCUT2D eigenvalue weighted by atomic mass is 32.1. The summed E-state index contributed by atoms with van der Waals surface area (Å²) in [7, 11) is 1.34. The second-order valence-electron chi connectivity index (χ2n) is 9.82. The van der Waals surface area contributed by atoms with Crippen LogP contribution in [0.15, 0.2) is 58.3 Å². The van der Waals surface area contributed by atoms with Gasteiger partial charge in [-0.2, -0.15) is 13.2 Å². The van der Waals surface area contributed by atoms with Crippen LogP contribution in [-0.4, -0.2) is 28.5 Å². The molecule has 208 valence electrons. The van der Waals surface area contributed by atoms with E-state index in [0.717, 1.165) is 21.7 Å². The molecular formula is C28H26F3N5O3S. The highest BCUT2D eigenvalue weighted by Gasteiger charge is 2.34. The minimum absolute atomic E-state index is 0.00403. The third kappa shape index (κ3) is 5.01. The summed E-state index contributed by atoms with van der Waals surface area (Å²) in [5.74, 6) is -0.293. The number of aromatic nitrogens is 2. The lowest BCUT2D eigenvalue weighted by Crippen LogP contribution is -2.48. The number of hydrogen-bond acceptors (Lipinski definition) is 8. The number of ether oxygens (including phenoxy) is 1. The molecule has 0 bridgehead atoms. The molecule has 2 aromatic carbocycles. The summed E-state index contributed by atoms with van der Waals surface area (Å²) >= 11 is 1.55. The van der Waals surface area contributed by atoms with Crippen LogP contribution in [-0.2, 0) is 12.7 Å². The van der Waals surface area contributed by atoms with E-state index in [0.29, 0.717) is 10.9 Å². The number of carbonyl (C=O) groups excluding carboxylic acids is 1. The van der Waals surface area contributed by atoms with E-state index in [1.807, 2.05) is 43.5 Å². The fourth-order valence-corrected chi connectivity index (χ4v) is 5.56. The number of amides is 1. The van der Waals surface area contributed by atoms with Crippen LogP contribution in [0, 0.1) is 0 Å². The first-order valence-corrected chi connectivity index (χ1v) is 13.1. The van der Waals surface area contributed by atoms with Crippen molar-refractivity contribution in [3.8, 4) is 17.2 Å². The monoisotopic (exact) mass is 569 g/mol. The van der Waals surface area contributed by atoms with Gasteiger partial charge in [0.1, 0.15) is 17.0 Å². The molecule has 0 spiro atoms. The molecule has 0 fully saturated rings. The Labute approximate surface area is 231 Å². The Hall–Kier alpha value is -4.00. The molecule has 1 atom stereocenters. The van der Waals surface area contributed by atoms with Crippen LogP contribution in [0.4, 0.5) is 13.2 Å². The van der Waals surface area contributed by atoms with E-state index in [1.165, 1.54) is 19.2 Å². The van der Waals surface area contributed by atoms with Gasteiger partial charge in [-0.15, -0.1) is 11.3 Å². The molecule has 0 aliphatic rings. The van der Waals surface area contributed by atoms with Gasteiger partial charge in [0, 0.05) is 21.2 Å². The Morgan fingerprint density at radius 1 is 1.10 bits per heavy atom. The molecule has 3 aromatic heterocycles. The second kappa shape index (κ2) is 10.2. The zero-order chi connectivity index (χ0) is 28.8. The van der Waals surface area contributed by atoms with Crippen molar-refractivity contribution in [3.63, 3.8) is 0 Å². The van der Waals surface area contributed by atoms with E-state index >= 15 is 0 Å². The highest BCUT2D eigenvalue weighted by Crippen LogP contribution is 2.38. The fraction of sp³-hybridized carbons (Fsp3) is 0.250. The van der Waals surface area contributed by atoms with Gasteiger partial charge in [-0.3, -0.25) is 4.79 Å². The number of nitrogens with zero attached hydrogens (tertiary/aromatic N) is 2. The number of hydrogen-bond donors (Lipinski definition) is 3. The predicted molar refractivity (Wildman–Crippen MR) is 147 cm³/mol. The van der Waals surface area contributed by atoms with Crippen molar-refractivity contribution >= 4 is 38.2 Å². The van der Waals surface area contributed by atoms with Gasteiger partial charge in [-0.1, -0.05) is 18.2 Å². The van der Waals surface area contributed by atoms with Gasteiger partial charge in [-0.05, 0) is 60.5 Å². The number of carbonyl (C=O) groups is 1. The summed E-state index contributed by atoms with van der Waals surface area (Å²) in [5.41, 5.74) is 11.6. The molecule has 0 aliphatic heterocycles. The Morgan fingerprint density at radius 2 is 1.85 bits per heavy atom. The molecule has 5 aromatic rings. The zero-order valence-electron chi connectivity index (χ0n) is 21.8. The van der Waals surface area contributed by atoms with Crippen molar-refractivity contribution < 1.29 is 27.1 Å². The zero-order valence-corrected chi connectivity index (χ0v) is 22.6.